The van der Waals surface area contributed by atoms with E-state index in [4.69, 9.17) is 0 Å². The Hall–Kier alpha value is -3.25. The summed E-state index contributed by atoms with van der Waals surface area (Å²) < 4.78 is 28.1. The molecule has 0 aromatic heterocycles. The summed E-state index contributed by atoms with van der Waals surface area (Å²) in [4.78, 5) is 15.0. The molecule has 3 aromatic rings. The summed E-state index contributed by atoms with van der Waals surface area (Å²) in [6.45, 7) is 0.415. The number of nitrogens with zero attached hydrogens (tertiary/aromatic N) is 1. The Kier molecular flexibility index (Phi) is 4.94. The third-order valence-corrected chi connectivity index (χ3v) is 6.39. The Balaban J connectivity index is 1.59. The largest absolute Gasteiger partial charge is 0.394 e. The first-order chi connectivity index (χ1) is 15.1. The van der Waals surface area contributed by atoms with E-state index < -0.39 is 5.82 Å². The van der Waals surface area contributed by atoms with Gasteiger partial charge in [-0.3, -0.25) is 4.79 Å². The lowest BCUT2D eigenvalue weighted by Crippen LogP contribution is -2.43. The topological polar surface area (TPSA) is 52.6 Å². The molecular weight excluding hydrogens is 398 g/mol. The van der Waals surface area contributed by atoms with Crippen LogP contribution in [-0.2, 0) is 0 Å². The number of fused-ring (bicyclic) bond motifs is 3. The minimum atomic E-state index is -0.544. The number of benzene rings is 3. The third-order valence-electron chi connectivity index (χ3n) is 6.39. The van der Waals surface area contributed by atoms with Crippen molar-refractivity contribution in [3.63, 3.8) is 0 Å². The highest BCUT2D eigenvalue weighted by Crippen LogP contribution is 2.47. The maximum absolute atomic E-state index is 14.3. The van der Waals surface area contributed by atoms with E-state index in [1.54, 1.807) is 23.1 Å². The molecule has 2 N–H and O–H groups in total. The monoisotopic (exact) mass is 420 g/mol. The van der Waals surface area contributed by atoms with Crippen molar-refractivity contribution in [3.8, 4) is 11.1 Å². The summed E-state index contributed by atoms with van der Waals surface area (Å²) in [5, 5.41) is 13.3. The van der Waals surface area contributed by atoms with Gasteiger partial charge in [0.1, 0.15) is 11.6 Å². The quantitative estimate of drug-likeness (QED) is 0.650. The van der Waals surface area contributed by atoms with Gasteiger partial charge < -0.3 is 15.3 Å². The smallest absolute Gasteiger partial charge is 0.257 e. The third kappa shape index (κ3) is 3.37. The summed E-state index contributed by atoms with van der Waals surface area (Å²) in [7, 11) is 0. The zero-order valence-electron chi connectivity index (χ0n) is 16.8. The van der Waals surface area contributed by atoms with Crippen LogP contribution in [0.15, 0.2) is 66.7 Å². The van der Waals surface area contributed by atoms with E-state index >= 15 is 0 Å². The highest BCUT2D eigenvalue weighted by molar-refractivity contribution is 5.95. The first-order valence-corrected chi connectivity index (χ1v) is 10.4. The molecule has 1 fully saturated rings. The molecule has 2 aliphatic heterocycles. The molecule has 2 heterocycles. The highest BCUT2D eigenvalue weighted by Gasteiger charge is 2.46. The van der Waals surface area contributed by atoms with E-state index in [1.165, 1.54) is 24.3 Å². The molecule has 31 heavy (non-hydrogen) atoms. The summed E-state index contributed by atoms with van der Waals surface area (Å²) >= 11 is 0. The zero-order valence-corrected chi connectivity index (χ0v) is 16.8. The number of hydrogen-bond donors (Lipinski definition) is 2. The minimum Gasteiger partial charge on any atom is -0.394 e. The number of halogens is 2. The average Bonchev–Trinajstić information content (AvgIpc) is 3.24. The molecule has 4 nitrogen and oxygen atoms in total. The lowest BCUT2D eigenvalue weighted by molar-refractivity contribution is 0.0696. The Morgan fingerprint density at radius 1 is 1.03 bits per heavy atom. The van der Waals surface area contributed by atoms with E-state index in [0.29, 0.717) is 13.0 Å². The van der Waals surface area contributed by atoms with Crippen molar-refractivity contribution in [3.05, 3.63) is 89.5 Å². The van der Waals surface area contributed by atoms with Gasteiger partial charge in [-0.25, -0.2) is 8.78 Å². The molecule has 6 heteroatoms. The molecule has 0 saturated carbocycles. The van der Waals surface area contributed by atoms with Crippen LogP contribution in [0.5, 0.6) is 0 Å². The summed E-state index contributed by atoms with van der Waals surface area (Å²) in [6.07, 6.45) is 0.701. The van der Waals surface area contributed by atoms with Crippen LogP contribution in [0, 0.1) is 17.6 Å². The van der Waals surface area contributed by atoms with Crippen LogP contribution in [0.1, 0.15) is 28.4 Å². The number of anilines is 1. The molecule has 2 aliphatic rings. The predicted octanol–water partition coefficient (Wildman–Crippen LogP) is 4.62. The molecule has 0 bridgehead atoms. The van der Waals surface area contributed by atoms with Gasteiger partial charge in [0.2, 0.25) is 0 Å². The van der Waals surface area contributed by atoms with Gasteiger partial charge in [0.05, 0.1) is 24.3 Å². The van der Waals surface area contributed by atoms with E-state index in [0.717, 1.165) is 22.4 Å². The Labute approximate surface area is 179 Å². The van der Waals surface area contributed by atoms with Crippen LogP contribution in [-0.4, -0.2) is 35.1 Å². The number of carbonyl (C=O) groups excluding carboxylic acids is 1. The predicted molar refractivity (Wildman–Crippen MR) is 115 cm³/mol. The van der Waals surface area contributed by atoms with Crippen LogP contribution >= 0.6 is 0 Å². The normalized spacial score (nSPS) is 21.9. The highest BCUT2D eigenvalue weighted by atomic mass is 19.1. The fraction of sp³-hybridized carbons (Fsp3) is 0.240. The first kappa shape index (κ1) is 19.7. The maximum atomic E-state index is 14.3. The van der Waals surface area contributed by atoms with Gasteiger partial charge >= 0.3 is 0 Å². The second-order valence-electron chi connectivity index (χ2n) is 8.12. The Morgan fingerprint density at radius 3 is 2.61 bits per heavy atom. The van der Waals surface area contributed by atoms with Crippen molar-refractivity contribution in [1.82, 2.24) is 4.90 Å². The molecule has 158 valence electrons. The molecule has 3 atom stereocenters. The van der Waals surface area contributed by atoms with Gasteiger partial charge in [0.25, 0.3) is 5.91 Å². The number of aliphatic hydroxyl groups is 1. The van der Waals surface area contributed by atoms with Crippen LogP contribution < -0.4 is 5.32 Å². The lowest BCUT2D eigenvalue weighted by atomic mass is 9.82. The summed E-state index contributed by atoms with van der Waals surface area (Å²) in [6, 6.07) is 17.6. The van der Waals surface area contributed by atoms with Crippen LogP contribution in [0.4, 0.5) is 14.5 Å². The van der Waals surface area contributed by atoms with Gasteiger partial charge in [0.15, 0.2) is 0 Å². The van der Waals surface area contributed by atoms with E-state index in [1.807, 2.05) is 24.3 Å². The molecule has 1 saturated heterocycles. The van der Waals surface area contributed by atoms with Crippen LogP contribution in [0.3, 0.4) is 0 Å². The number of rotatable bonds is 3. The minimum absolute atomic E-state index is 0.00372. The summed E-state index contributed by atoms with van der Waals surface area (Å²) in [5.74, 6) is -1.22. The van der Waals surface area contributed by atoms with Crippen molar-refractivity contribution in [2.45, 2.75) is 18.5 Å². The van der Waals surface area contributed by atoms with Gasteiger partial charge in [-0.05, 0) is 59.5 Å². The molecule has 0 spiro atoms. The van der Waals surface area contributed by atoms with Crippen molar-refractivity contribution in [2.24, 2.45) is 5.92 Å². The molecule has 5 rings (SSSR count). The fourth-order valence-corrected chi connectivity index (χ4v) is 4.93. The zero-order chi connectivity index (χ0) is 21.5. The van der Waals surface area contributed by atoms with Crippen molar-refractivity contribution >= 4 is 11.6 Å². The molecule has 0 unspecified atom stereocenters. The Bertz CT molecular complexity index is 1150. The second kappa shape index (κ2) is 7.78. The lowest BCUT2D eigenvalue weighted by Gasteiger charge is -2.39. The molecule has 1 amide bonds. The number of amides is 1. The van der Waals surface area contributed by atoms with Gasteiger partial charge in [-0.15, -0.1) is 0 Å². The second-order valence-corrected chi connectivity index (χ2v) is 8.12. The number of nitrogens with one attached hydrogen (secondary N) is 1. The number of aliphatic hydroxyl groups excluding tert-OH is 1. The SMILES string of the molecule is O=C(c1ccccc1F)N1CC[C@H]2[C@H](CO)Nc3ccc(-c4cccc(F)c4)cc3[C@H]21. The van der Waals surface area contributed by atoms with E-state index in [2.05, 4.69) is 5.32 Å². The van der Waals surface area contributed by atoms with Gasteiger partial charge in [0, 0.05) is 18.2 Å². The van der Waals surface area contributed by atoms with Crippen molar-refractivity contribution < 1.29 is 18.7 Å². The summed E-state index contributed by atoms with van der Waals surface area (Å²) in [5.41, 5.74) is 3.36. The van der Waals surface area contributed by atoms with Crippen molar-refractivity contribution in [1.29, 1.82) is 0 Å². The van der Waals surface area contributed by atoms with Crippen LogP contribution in [0.25, 0.3) is 11.1 Å². The average molecular weight is 420 g/mol. The van der Waals surface area contributed by atoms with Gasteiger partial charge in [-0.2, -0.15) is 0 Å². The fourth-order valence-electron chi connectivity index (χ4n) is 4.93. The molecule has 0 aliphatic carbocycles. The Morgan fingerprint density at radius 2 is 1.84 bits per heavy atom. The molecule has 3 aromatic carbocycles. The standard InChI is InChI=1S/C25H22F2N2O2/c26-17-5-3-4-15(12-17)16-8-9-22-20(13-16)24-19(23(14-30)28-22)10-11-29(24)25(31)18-6-1-2-7-21(18)27/h1-9,12-13,19,23-24,28,30H,10-11,14H2/t19-,23-,24-/m0/s1. The number of carbonyl (C=O) groups is 1. The number of hydrogen-bond acceptors (Lipinski definition) is 3. The molecular formula is C25H22F2N2O2. The van der Waals surface area contributed by atoms with Gasteiger partial charge in [-0.1, -0.05) is 30.3 Å². The first-order valence-electron chi connectivity index (χ1n) is 10.4. The maximum Gasteiger partial charge on any atom is 0.257 e. The van der Waals surface area contributed by atoms with E-state index in [9.17, 15) is 18.7 Å². The van der Waals surface area contributed by atoms with Crippen molar-refractivity contribution in [2.75, 3.05) is 18.5 Å². The van der Waals surface area contributed by atoms with E-state index in [-0.39, 0.29) is 41.9 Å². The molecule has 0 radical (unpaired) electrons. The number of likely N-dealkylation sites (tertiary alicyclic amines) is 1. The van der Waals surface area contributed by atoms with Crippen LogP contribution in [0.2, 0.25) is 0 Å².